The minimum absolute atomic E-state index is 0.0127. The average molecular weight is 269 g/mol. The molecule has 1 heterocycles. The van der Waals surface area contributed by atoms with Gasteiger partial charge in [-0.2, -0.15) is 0 Å². The third-order valence-corrected chi connectivity index (χ3v) is 2.97. The summed E-state index contributed by atoms with van der Waals surface area (Å²) < 4.78 is 0. The number of hydroxylamine groups is 1. The number of non-ortho nitro benzene ring substituents is 1. The SMILES string of the molecule is Cc1ccc(C2=Nc3cc([N+](=O)[O-])ccc3ON2)cc1. The highest BCUT2D eigenvalue weighted by molar-refractivity contribution is 6.01. The molecule has 0 atom stereocenters. The highest BCUT2D eigenvalue weighted by atomic mass is 16.7. The van der Waals surface area contributed by atoms with Gasteiger partial charge < -0.3 is 4.84 Å². The zero-order valence-corrected chi connectivity index (χ0v) is 10.7. The normalized spacial score (nSPS) is 12.8. The molecule has 0 fully saturated rings. The van der Waals surface area contributed by atoms with Crippen molar-refractivity contribution in [3.63, 3.8) is 0 Å². The van der Waals surface area contributed by atoms with Crippen molar-refractivity contribution in [2.45, 2.75) is 6.92 Å². The van der Waals surface area contributed by atoms with E-state index in [1.807, 2.05) is 31.2 Å². The Kier molecular flexibility index (Phi) is 2.83. The lowest BCUT2D eigenvalue weighted by Gasteiger charge is -2.17. The molecule has 0 saturated carbocycles. The Labute approximate surface area is 114 Å². The number of nitrogens with zero attached hydrogens (tertiary/aromatic N) is 2. The van der Waals surface area contributed by atoms with Gasteiger partial charge in [0, 0.05) is 17.7 Å². The van der Waals surface area contributed by atoms with E-state index in [4.69, 9.17) is 4.84 Å². The van der Waals surface area contributed by atoms with Crippen molar-refractivity contribution in [2.24, 2.45) is 4.99 Å². The highest BCUT2D eigenvalue weighted by Gasteiger charge is 2.17. The van der Waals surface area contributed by atoms with Crippen LogP contribution >= 0.6 is 0 Å². The lowest BCUT2D eigenvalue weighted by molar-refractivity contribution is -0.384. The van der Waals surface area contributed by atoms with Crippen molar-refractivity contribution in [1.82, 2.24) is 5.48 Å². The predicted molar refractivity (Wildman–Crippen MR) is 74.2 cm³/mol. The maximum atomic E-state index is 10.8. The maximum absolute atomic E-state index is 10.8. The number of hydrogen-bond donors (Lipinski definition) is 1. The summed E-state index contributed by atoms with van der Waals surface area (Å²) in [5.74, 6) is 0.990. The summed E-state index contributed by atoms with van der Waals surface area (Å²) >= 11 is 0. The van der Waals surface area contributed by atoms with E-state index < -0.39 is 4.92 Å². The summed E-state index contributed by atoms with van der Waals surface area (Å²) in [7, 11) is 0. The van der Waals surface area contributed by atoms with Gasteiger partial charge in [0.25, 0.3) is 5.69 Å². The second-order valence-corrected chi connectivity index (χ2v) is 4.44. The molecule has 20 heavy (non-hydrogen) atoms. The van der Waals surface area contributed by atoms with Crippen LogP contribution in [0.15, 0.2) is 47.5 Å². The molecule has 100 valence electrons. The second-order valence-electron chi connectivity index (χ2n) is 4.44. The first kappa shape index (κ1) is 12.2. The standard InChI is InChI=1S/C14H11N3O3/c1-9-2-4-10(5-3-9)14-15-12-8-11(17(18)19)6-7-13(12)20-16-14/h2-8H,1H3,(H,15,16). The van der Waals surface area contributed by atoms with Gasteiger partial charge in [0.1, 0.15) is 5.69 Å². The molecule has 0 aromatic heterocycles. The van der Waals surface area contributed by atoms with E-state index in [9.17, 15) is 10.1 Å². The fourth-order valence-corrected chi connectivity index (χ4v) is 1.87. The van der Waals surface area contributed by atoms with E-state index in [-0.39, 0.29) is 5.69 Å². The molecular weight excluding hydrogens is 258 g/mol. The minimum Gasteiger partial charge on any atom is -0.378 e. The van der Waals surface area contributed by atoms with E-state index >= 15 is 0 Å². The third-order valence-electron chi connectivity index (χ3n) is 2.97. The Morgan fingerprint density at radius 2 is 1.95 bits per heavy atom. The average Bonchev–Trinajstić information content (AvgIpc) is 2.47. The molecular formula is C14H11N3O3. The van der Waals surface area contributed by atoms with E-state index in [0.717, 1.165) is 11.1 Å². The summed E-state index contributed by atoms with van der Waals surface area (Å²) in [6.45, 7) is 2.00. The monoisotopic (exact) mass is 269 g/mol. The first-order valence-electron chi connectivity index (χ1n) is 6.00. The van der Waals surface area contributed by atoms with Gasteiger partial charge in [-0.1, -0.05) is 29.8 Å². The van der Waals surface area contributed by atoms with Crippen LogP contribution in [-0.2, 0) is 0 Å². The first-order chi connectivity index (χ1) is 9.63. The lowest BCUT2D eigenvalue weighted by atomic mass is 10.1. The number of rotatable bonds is 2. The van der Waals surface area contributed by atoms with Crippen LogP contribution in [0.4, 0.5) is 11.4 Å². The molecule has 0 spiro atoms. The molecule has 6 heteroatoms. The molecule has 0 saturated heterocycles. The summed E-state index contributed by atoms with van der Waals surface area (Å²) in [6.07, 6.45) is 0. The van der Waals surface area contributed by atoms with E-state index in [0.29, 0.717) is 17.3 Å². The fraction of sp³-hybridized carbons (Fsp3) is 0.0714. The van der Waals surface area contributed by atoms with Gasteiger partial charge in [0.2, 0.25) is 0 Å². The number of amidine groups is 1. The van der Waals surface area contributed by atoms with Crippen LogP contribution in [0, 0.1) is 17.0 Å². The van der Waals surface area contributed by atoms with Gasteiger partial charge in [-0.25, -0.2) is 10.5 Å². The first-order valence-corrected chi connectivity index (χ1v) is 6.00. The topological polar surface area (TPSA) is 76.8 Å². The maximum Gasteiger partial charge on any atom is 0.271 e. The Bertz CT molecular complexity index is 708. The van der Waals surface area contributed by atoms with Gasteiger partial charge in [-0.15, -0.1) is 0 Å². The molecule has 0 aliphatic carbocycles. The van der Waals surface area contributed by atoms with Crippen molar-refractivity contribution in [3.8, 4) is 5.75 Å². The molecule has 1 aliphatic rings. The van der Waals surface area contributed by atoms with Crippen molar-refractivity contribution in [2.75, 3.05) is 0 Å². The summed E-state index contributed by atoms with van der Waals surface area (Å²) in [5.41, 5.74) is 5.16. The number of fused-ring (bicyclic) bond motifs is 1. The molecule has 1 aliphatic heterocycles. The van der Waals surface area contributed by atoms with Crippen LogP contribution in [0.2, 0.25) is 0 Å². The second kappa shape index (κ2) is 4.65. The summed E-state index contributed by atoms with van der Waals surface area (Å²) in [5, 5.41) is 10.8. The summed E-state index contributed by atoms with van der Waals surface area (Å²) in [6, 6.07) is 12.0. The molecule has 2 aromatic rings. The van der Waals surface area contributed by atoms with Crippen LogP contribution in [0.25, 0.3) is 0 Å². The molecule has 3 rings (SSSR count). The zero-order valence-electron chi connectivity index (χ0n) is 10.7. The van der Waals surface area contributed by atoms with Gasteiger partial charge in [0.05, 0.1) is 4.92 Å². The molecule has 0 unspecified atom stereocenters. The van der Waals surface area contributed by atoms with Crippen molar-refractivity contribution < 1.29 is 9.76 Å². The van der Waals surface area contributed by atoms with Crippen LogP contribution in [-0.4, -0.2) is 10.8 Å². The van der Waals surface area contributed by atoms with Gasteiger partial charge in [-0.05, 0) is 13.0 Å². The number of aryl methyl sites for hydroxylation is 1. The Hall–Kier alpha value is -2.89. The van der Waals surface area contributed by atoms with E-state index in [2.05, 4.69) is 10.5 Å². The van der Waals surface area contributed by atoms with Crippen LogP contribution in [0.3, 0.4) is 0 Å². The molecule has 0 amide bonds. The fourth-order valence-electron chi connectivity index (χ4n) is 1.87. The number of nitro groups is 1. The highest BCUT2D eigenvalue weighted by Crippen LogP contribution is 2.33. The zero-order chi connectivity index (χ0) is 14.1. The minimum atomic E-state index is -0.455. The number of nitro benzene ring substituents is 1. The third kappa shape index (κ3) is 2.18. The van der Waals surface area contributed by atoms with E-state index in [1.54, 1.807) is 0 Å². The number of hydrogen-bond acceptors (Lipinski definition) is 5. The molecule has 1 N–H and O–H groups in total. The lowest BCUT2D eigenvalue weighted by Crippen LogP contribution is -2.30. The molecule has 0 radical (unpaired) electrons. The van der Waals surface area contributed by atoms with Gasteiger partial charge in [0.15, 0.2) is 11.6 Å². The van der Waals surface area contributed by atoms with Crippen molar-refractivity contribution >= 4 is 17.2 Å². The number of aliphatic imine (C=N–C) groups is 1. The molecule has 0 bridgehead atoms. The predicted octanol–water partition coefficient (Wildman–Crippen LogP) is 2.88. The quantitative estimate of drug-likeness (QED) is 0.671. The number of nitrogens with one attached hydrogen (secondary N) is 1. The van der Waals surface area contributed by atoms with Gasteiger partial charge >= 0.3 is 0 Å². The summed E-state index contributed by atoms with van der Waals surface area (Å²) in [4.78, 5) is 20.0. The Balaban J connectivity index is 2.02. The van der Waals surface area contributed by atoms with Crippen molar-refractivity contribution in [1.29, 1.82) is 0 Å². The largest absolute Gasteiger partial charge is 0.378 e. The molecule has 6 nitrogen and oxygen atoms in total. The van der Waals surface area contributed by atoms with Crippen molar-refractivity contribution in [3.05, 3.63) is 63.7 Å². The van der Waals surface area contributed by atoms with Crippen LogP contribution < -0.4 is 10.3 Å². The van der Waals surface area contributed by atoms with Crippen LogP contribution in [0.5, 0.6) is 5.75 Å². The smallest absolute Gasteiger partial charge is 0.271 e. The molecule has 2 aromatic carbocycles. The number of benzene rings is 2. The Morgan fingerprint density at radius 3 is 2.65 bits per heavy atom. The Morgan fingerprint density at radius 1 is 1.20 bits per heavy atom. The van der Waals surface area contributed by atoms with E-state index in [1.165, 1.54) is 18.2 Å². The van der Waals surface area contributed by atoms with Crippen LogP contribution in [0.1, 0.15) is 11.1 Å². The van der Waals surface area contributed by atoms with Gasteiger partial charge in [-0.3, -0.25) is 10.1 Å².